The fourth-order valence-corrected chi connectivity index (χ4v) is 12.3. The van der Waals surface area contributed by atoms with Crippen LogP contribution < -0.4 is 19.6 Å². The first-order chi connectivity index (χ1) is 31.0. The molecular weight excluding hydrogens is 812 g/mol. The maximum absolute atomic E-state index is 15.3. The van der Waals surface area contributed by atoms with Crippen molar-refractivity contribution in [2.45, 2.75) is 103 Å². The van der Waals surface area contributed by atoms with Crippen LogP contribution in [0.4, 0.5) is 58.8 Å². The van der Waals surface area contributed by atoms with E-state index in [4.69, 9.17) is 11.6 Å². The summed E-state index contributed by atoms with van der Waals surface area (Å²) in [4.78, 5) is 14.4. The molecule has 10 rings (SSSR count). The second-order valence-corrected chi connectivity index (χ2v) is 20.4. The van der Waals surface area contributed by atoms with Crippen molar-refractivity contribution in [1.29, 1.82) is 0 Å². The average molecular weight is 870 g/mol. The number of alkyl halides is 3. The summed E-state index contributed by atoms with van der Waals surface area (Å²) < 4.78 is 45.8. The van der Waals surface area contributed by atoms with Gasteiger partial charge in [-0.15, -0.1) is 13.2 Å². The highest BCUT2D eigenvalue weighted by Gasteiger charge is 2.63. The van der Waals surface area contributed by atoms with E-state index in [0.29, 0.717) is 19.3 Å². The zero-order valence-electron chi connectivity index (χ0n) is 38.5. The summed E-state index contributed by atoms with van der Waals surface area (Å²) in [6.07, 6.45) is 2.77. The second kappa shape index (κ2) is 14.9. The Bertz CT molecular complexity index is 2860. The van der Waals surface area contributed by atoms with Crippen molar-refractivity contribution in [2.75, 3.05) is 19.6 Å². The van der Waals surface area contributed by atoms with E-state index < -0.39 is 34.2 Å². The summed E-state index contributed by atoms with van der Waals surface area (Å²) in [6, 6.07) is 42.3. The first kappa shape index (κ1) is 42.7. The molecule has 0 fully saturated rings. The lowest BCUT2D eigenvalue weighted by molar-refractivity contribution is -0.137. The smallest absolute Gasteiger partial charge is 0.317 e. The SMILES string of the molecule is C=CCC1c2ccccc2N2c3ccccc3N(c3ccccc3C(F)(F)F)C2C1(C)CCC1(C=C)c2cc(C(C)(C)C)ccc2N2c3ncccc3N(c3ccccc3C)C2C1(C)C. The van der Waals surface area contributed by atoms with Gasteiger partial charge in [0.05, 0.1) is 28.3 Å². The van der Waals surface area contributed by atoms with E-state index in [1.165, 1.54) is 34.4 Å². The fourth-order valence-electron chi connectivity index (χ4n) is 12.3. The quantitative estimate of drug-likeness (QED) is 0.142. The largest absolute Gasteiger partial charge is 0.418 e. The minimum atomic E-state index is -4.57. The number of rotatable bonds is 8. The maximum atomic E-state index is 15.3. The van der Waals surface area contributed by atoms with Crippen molar-refractivity contribution in [3.63, 3.8) is 0 Å². The van der Waals surface area contributed by atoms with Gasteiger partial charge in [-0.2, -0.15) is 13.2 Å². The van der Waals surface area contributed by atoms with Crippen molar-refractivity contribution < 1.29 is 13.2 Å². The third-order valence-electron chi connectivity index (χ3n) is 15.6. The summed E-state index contributed by atoms with van der Waals surface area (Å²) >= 11 is 0. The number of hydrogen-bond donors (Lipinski definition) is 0. The molecule has 6 aromatic rings. The molecule has 0 amide bonds. The van der Waals surface area contributed by atoms with Crippen LogP contribution in [0.15, 0.2) is 159 Å². The number of nitrogens with zero attached hydrogens (tertiary/aromatic N) is 5. The van der Waals surface area contributed by atoms with Crippen LogP contribution in [0.3, 0.4) is 0 Å². The highest BCUT2D eigenvalue weighted by atomic mass is 19.4. The summed E-state index contributed by atoms with van der Waals surface area (Å²) in [7, 11) is 0. The van der Waals surface area contributed by atoms with Gasteiger partial charge in [0.15, 0.2) is 5.82 Å². The zero-order chi connectivity index (χ0) is 45.8. The standard InChI is InChI=1S/C57H58F3N5/c1-10-21-40-39-23-13-16-26-44(39)63-47-28-18-19-29-48(47)64(45-27-17-14-24-41(45)57(58,59)60)52(63)55(40,9)33-34-56(11-2)42-36-38(53(4,5)6)31-32-46(42)65-50-49(30-20-35-61-50)62(51(65)54(56,7)8)43-25-15-12-22-37(43)3/h10-20,22-32,35-36,40,51-52H,1-2,21,33-34H2,3-9H3. The molecular formula is C57H58F3N5. The highest BCUT2D eigenvalue weighted by Crippen LogP contribution is 2.68. The van der Waals surface area contributed by atoms with Crippen molar-refractivity contribution in [3.05, 3.63) is 187 Å². The molecule has 4 aliphatic heterocycles. The van der Waals surface area contributed by atoms with Crippen molar-refractivity contribution in [2.24, 2.45) is 10.8 Å². The van der Waals surface area contributed by atoms with Gasteiger partial charge in [0.2, 0.25) is 0 Å². The molecule has 4 aliphatic rings. The number of para-hydroxylation sites is 5. The van der Waals surface area contributed by atoms with Gasteiger partial charge in [-0.05, 0) is 114 Å². The van der Waals surface area contributed by atoms with Crippen molar-refractivity contribution in [3.8, 4) is 0 Å². The van der Waals surface area contributed by atoms with Gasteiger partial charge in [0.25, 0.3) is 0 Å². The summed E-state index contributed by atoms with van der Waals surface area (Å²) in [6.45, 7) is 25.1. The lowest BCUT2D eigenvalue weighted by Crippen LogP contribution is -2.62. The molecule has 8 heteroatoms. The van der Waals surface area contributed by atoms with Crippen LogP contribution >= 0.6 is 0 Å². The summed E-state index contributed by atoms with van der Waals surface area (Å²) in [5, 5.41) is 0. The van der Waals surface area contributed by atoms with Gasteiger partial charge in [0.1, 0.15) is 12.3 Å². The van der Waals surface area contributed by atoms with Crippen LogP contribution in [0.1, 0.15) is 94.5 Å². The van der Waals surface area contributed by atoms with Crippen LogP contribution in [0.25, 0.3) is 0 Å². The molecule has 5 heterocycles. The molecule has 5 aromatic carbocycles. The third-order valence-corrected chi connectivity index (χ3v) is 15.6. The van der Waals surface area contributed by atoms with E-state index in [0.717, 1.165) is 39.9 Å². The first-order valence-corrected chi connectivity index (χ1v) is 22.9. The lowest BCUT2D eigenvalue weighted by Gasteiger charge is -2.60. The topological polar surface area (TPSA) is 25.9 Å². The molecule has 65 heavy (non-hydrogen) atoms. The summed E-state index contributed by atoms with van der Waals surface area (Å²) in [5.74, 6) is 0.831. The Balaban J connectivity index is 1.21. The van der Waals surface area contributed by atoms with Crippen molar-refractivity contribution >= 4 is 45.6 Å². The summed E-state index contributed by atoms with van der Waals surface area (Å²) in [5.41, 5.74) is 8.21. The predicted octanol–water partition coefficient (Wildman–Crippen LogP) is 15.6. The molecule has 0 aliphatic carbocycles. The van der Waals surface area contributed by atoms with E-state index in [1.54, 1.807) is 12.1 Å². The number of pyridine rings is 1. The Morgan fingerprint density at radius 2 is 1.22 bits per heavy atom. The van der Waals surface area contributed by atoms with E-state index in [-0.39, 0.29) is 23.2 Å². The average Bonchev–Trinajstić information content (AvgIpc) is 3.83. The normalized spacial score (nSPS) is 23.8. The molecule has 0 bridgehead atoms. The lowest BCUT2D eigenvalue weighted by atomic mass is 9.52. The monoisotopic (exact) mass is 869 g/mol. The minimum Gasteiger partial charge on any atom is -0.317 e. The Morgan fingerprint density at radius 1 is 0.631 bits per heavy atom. The predicted molar refractivity (Wildman–Crippen MR) is 262 cm³/mol. The molecule has 5 unspecified atom stereocenters. The Labute approximate surface area is 382 Å². The van der Waals surface area contributed by atoms with Crippen LogP contribution in [-0.2, 0) is 17.0 Å². The first-order valence-electron chi connectivity index (χ1n) is 22.9. The Morgan fingerprint density at radius 3 is 1.86 bits per heavy atom. The van der Waals surface area contributed by atoms with Gasteiger partial charge >= 0.3 is 6.18 Å². The number of benzene rings is 5. The molecule has 0 saturated heterocycles. The van der Waals surface area contributed by atoms with Crippen LogP contribution in [-0.4, -0.2) is 17.3 Å². The highest BCUT2D eigenvalue weighted by molar-refractivity contribution is 5.92. The van der Waals surface area contributed by atoms with Gasteiger partial charge in [-0.3, -0.25) is 0 Å². The minimum absolute atomic E-state index is 0.0823. The van der Waals surface area contributed by atoms with Gasteiger partial charge in [-0.1, -0.05) is 126 Å². The molecule has 0 spiro atoms. The van der Waals surface area contributed by atoms with Crippen LogP contribution in [0.5, 0.6) is 0 Å². The number of fused-ring (bicyclic) bond motifs is 10. The van der Waals surface area contributed by atoms with E-state index in [1.807, 2.05) is 47.5 Å². The van der Waals surface area contributed by atoms with Gasteiger partial charge in [-0.25, -0.2) is 4.98 Å². The maximum Gasteiger partial charge on any atom is 0.418 e. The van der Waals surface area contributed by atoms with Crippen LogP contribution in [0.2, 0.25) is 0 Å². The number of aryl methyl sites for hydroxylation is 1. The van der Waals surface area contributed by atoms with E-state index in [9.17, 15) is 0 Å². The van der Waals surface area contributed by atoms with Crippen molar-refractivity contribution in [1.82, 2.24) is 4.98 Å². The number of halogens is 3. The molecule has 5 atom stereocenters. The van der Waals surface area contributed by atoms with Gasteiger partial charge < -0.3 is 19.6 Å². The Hall–Kier alpha value is -6.28. The van der Waals surface area contributed by atoms with E-state index in [2.05, 4.69) is 149 Å². The zero-order valence-corrected chi connectivity index (χ0v) is 38.5. The van der Waals surface area contributed by atoms with E-state index >= 15 is 13.2 Å². The van der Waals surface area contributed by atoms with Crippen LogP contribution in [0, 0.1) is 17.8 Å². The molecule has 332 valence electrons. The number of hydrogen-bond acceptors (Lipinski definition) is 5. The molecule has 0 N–H and O–H groups in total. The number of aromatic nitrogens is 1. The van der Waals surface area contributed by atoms with Gasteiger partial charge in [0, 0.05) is 39.5 Å². The molecule has 1 aromatic heterocycles. The number of anilines is 8. The third kappa shape index (κ3) is 6.08. The fraction of sp³-hybridized carbons (Fsp3) is 0.316. The molecule has 5 nitrogen and oxygen atoms in total. The Kier molecular flexibility index (Phi) is 9.76. The molecule has 0 radical (unpaired) electrons. The number of allylic oxidation sites excluding steroid dienone is 2. The molecule has 0 saturated carbocycles. The second-order valence-electron chi connectivity index (χ2n) is 20.4.